The molecule has 0 aliphatic carbocycles. The number of aryl methyl sites for hydroxylation is 2. The van der Waals surface area contributed by atoms with E-state index in [9.17, 15) is 4.79 Å². The predicted molar refractivity (Wildman–Crippen MR) is 110 cm³/mol. The van der Waals surface area contributed by atoms with Crippen LogP contribution in [0, 0.1) is 13.8 Å². The molecule has 3 aromatic rings. The fourth-order valence-electron chi connectivity index (χ4n) is 2.83. The first kappa shape index (κ1) is 19.2. The number of hydrogen-bond acceptors (Lipinski definition) is 6. The van der Waals surface area contributed by atoms with Crippen molar-refractivity contribution in [3.8, 4) is 0 Å². The van der Waals surface area contributed by atoms with Gasteiger partial charge in [-0.05, 0) is 50.5 Å². The molecule has 0 saturated carbocycles. The molecule has 0 radical (unpaired) electrons. The average molecular weight is 385 g/mol. The van der Waals surface area contributed by atoms with Crippen LogP contribution in [0.5, 0.6) is 0 Å². The van der Waals surface area contributed by atoms with Crippen LogP contribution in [0.4, 0.5) is 5.95 Å². The van der Waals surface area contributed by atoms with Gasteiger partial charge in [0.1, 0.15) is 11.9 Å². The van der Waals surface area contributed by atoms with E-state index >= 15 is 0 Å². The van der Waals surface area contributed by atoms with Gasteiger partial charge in [0.15, 0.2) is 0 Å². The molecule has 0 spiro atoms. The summed E-state index contributed by atoms with van der Waals surface area (Å²) in [5, 5.41) is 6.14. The number of anilines is 1. The molecular formula is C19H24N6OS. The van der Waals surface area contributed by atoms with Crippen molar-refractivity contribution in [3.63, 3.8) is 0 Å². The highest BCUT2D eigenvalue weighted by molar-refractivity contribution is 7.98. The third-order valence-electron chi connectivity index (χ3n) is 4.08. The molecular weight excluding hydrogens is 360 g/mol. The Hall–Kier alpha value is -2.61. The number of fused-ring (bicyclic) bond motifs is 1. The molecule has 0 saturated heterocycles. The molecule has 1 atom stereocenters. The summed E-state index contributed by atoms with van der Waals surface area (Å²) in [6.07, 6.45) is 2.71. The van der Waals surface area contributed by atoms with Crippen LogP contribution in [-0.4, -0.2) is 43.9 Å². The van der Waals surface area contributed by atoms with E-state index in [4.69, 9.17) is 0 Å². The Kier molecular flexibility index (Phi) is 6.28. The van der Waals surface area contributed by atoms with Crippen molar-refractivity contribution >= 4 is 34.7 Å². The number of nitrogens with zero attached hydrogens (tertiary/aromatic N) is 3. The molecule has 7 nitrogen and oxygen atoms in total. The summed E-state index contributed by atoms with van der Waals surface area (Å²) in [4.78, 5) is 29.2. The fraction of sp³-hybridized carbons (Fsp3) is 0.368. The molecule has 1 aromatic carbocycles. The highest BCUT2D eigenvalue weighted by atomic mass is 32.2. The summed E-state index contributed by atoms with van der Waals surface area (Å²) in [5.74, 6) is 1.99. The number of aromatic amines is 1. The quantitative estimate of drug-likeness (QED) is 0.553. The second-order valence-corrected chi connectivity index (χ2v) is 7.36. The van der Waals surface area contributed by atoms with Crippen molar-refractivity contribution in [2.45, 2.75) is 32.9 Å². The van der Waals surface area contributed by atoms with E-state index in [1.54, 1.807) is 11.8 Å². The van der Waals surface area contributed by atoms with Gasteiger partial charge >= 0.3 is 0 Å². The smallest absolute Gasteiger partial charge is 0.242 e. The monoisotopic (exact) mass is 384 g/mol. The number of amides is 1. The zero-order chi connectivity index (χ0) is 19.2. The van der Waals surface area contributed by atoms with Crippen LogP contribution in [-0.2, 0) is 11.3 Å². The first-order chi connectivity index (χ1) is 13.0. The molecule has 27 heavy (non-hydrogen) atoms. The lowest BCUT2D eigenvalue weighted by molar-refractivity contribution is -0.122. The molecule has 0 aliphatic rings. The Bertz CT molecular complexity index is 872. The van der Waals surface area contributed by atoms with Gasteiger partial charge in [0, 0.05) is 11.4 Å². The molecule has 0 bridgehead atoms. The van der Waals surface area contributed by atoms with Gasteiger partial charge in [0.05, 0.1) is 17.6 Å². The van der Waals surface area contributed by atoms with Crippen molar-refractivity contribution in [3.05, 3.63) is 47.5 Å². The number of carbonyl (C=O) groups is 1. The number of aromatic nitrogens is 4. The fourth-order valence-corrected chi connectivity index (χ4v) is 3.31. The molecule has 2 heterocycles. The summed E-state index contributed by atoms with van der Waals surface area (Å²) in [5.41, 5.74) is 3.59. The lowest BCUT2D eigenvalue weighted by Crippen LogP contribution is -2.40. The number of para-hydroxylation sites is 2. The largest absolute Gasteiger partial charge is 0.347 e. The molecule has 2 aromatic heterocycles. The van der Waals surface area contributed by atoms with Crippen LogP contribution in [0.2, 0.25) is 0 Å². The van der Waals surface area contributed by atoms with Crippen LogP contribution >= 0.6 is 11.8 Å². The predicted octanol–water partition coefficient (Wildman–Crippen LogP) is 2.82. The lowest BCUT2D eigenvalue weighted by atomic mass is 10.2. The standard InChI is InChI=1S/C19H24N6OS/c1-12-10-13(2)22-19(21-12)25-16(8-9-27-3)18(26)20-11-17-23-14-6-4-5-7-15(14)24-17/h4-7,10,16H,8-9,11H2,1-3H3,(H,20,26)(H,23,24)(H,21,22,25). The van der Waals surface area contributed by atoms with Gasteiger partial charge in [0.2, 0.25) is 11.9 Å². The number of imidazole rings is 1. The Morgan fingerprint density at radius 1 is 1.19 bits per heavy atom. The van der Waals surface area contributed by atoms with E-state index in [2.05, 4.69) is 30.6 Å². The second-order valence-electron chi connectivity index (χ2n) is 6.37. The van der Waals surface area contributed by atoms with Gasteiger partial charge in [-0.2, -0.15) is 11.8 Å². The highest BCUT2D eigenvalue weighted by Crippen LogP contribution is 2.12. The van der Waals surface area contributed by atoms with Crippen LogP contribution < -0.4 is 10.6 Å². The van der Waals surface area contributed by atoms with E-state index < -0.39 is 6.04 Å². The first-order valence-electron chi connectivity index (χ1n) is 8.84. The SMILES string of the molecule is CSCCC(Nc1nc(C)cc(C)n1)C(=O)NCc1nc2ccccc2[nH]1. The van der Waals surface area contributed by atoms with Gasteiger partial charge in [-0.15, -0.1) is 0 Å². The second kappa shape index (κ2) is 8.85. The number of rotatable bonds is 8. The number of thioether (sulfide) groups is 1. The molecule has 8 heteroatoms. The van der Waals surface area contributed by atoms with Gasteiger partial charge in [-0.1, -0.05) is 12.1 Å². The Morgan fingerprint density at radius 3 is 2.63 bits per heavy atom. The van der Waals surface area contributed by atoms with E-state index in [1.165, 1.54) is 0 Å². The van der Waals surface area contributed by atoms with Gasteiger partial charge in [-0.25, -0.2) is 15.0 Å². The molecule has 0 aliphatic heterocycles. The summed E-state index contributed by atoms with van der Waals surface area (Å²) in [6.45, 7) is 4.18. The Labute approximate surface area is 162 Å². The van der Waals surface area contributed by atoms with Gasteiger partial charge in [-0.3, -0.25) is 4.79 Å². The maximum atomic E-state index is 12.7. The summed E-state index contributed by atoms with van der Waals surface area (Å²) in [6, 6.07) is 9.31. The lowest BCUT2D eigenvalue weighted by Gasteiger charge is -2.18. The minimum atomic E-state index is -0.400. The zero-order valence-corrected chi connectivity index (χ0v) is 16.6. The van der Waals surface area contributed by atoms with E-state index in [0.717, 1.165) is 34.0 Å². The van der Waals surface area contributed by atoms with Gasteiger partial charge in [0.25, 0.3) is 0 Å². The van der Waals surface area contributed by atoms with Crippen molar-refractivity contribution < 1.29 is 4.79 Å². The van der Waals surface area contributed by atoms with Crippen LogP contribution in [0.1, 0.15) is 23.6 Å². The number of benzene rings is 1. The van der Waals surface area contributed by atoms with Crippen LogP contribution in [0.3, 0.4) is 0 Å². The highest BCUT2D eigenvalue weighted by Gasteiger charge is 2.19. The Balaban J connectivity index is 1.66. The summed E-state index contributed by atoms with van der Waals surface area (Å²) >= 11 is 1.70. The first-order valence-corrected chi connectivity index (χ1v) is 10.2. The van der Waals surface area contributed by atoms with E-state index in [0.29, 0.717) is 18.9 Å². The topological polar surface area (TPSA) is 95.6 Å². The summed E-state index contributed by atoms with van der Waals surface area (Å²) in [7, 11) is 0. The molecule has 1 unspecified atom stereocenters. The van der Waals surface area contributed by atoms with Crippen molar-refractivity contribution in [2.75, 3.05) is 17.3 Å². The summed E-state index contributed by atoms with van der Waals surface area (Å²) < 4.78 is 0. The zero-order valence-electron chi connectivity index (χ0n) is 15.7. The van der Waals surface area contributed by atoms with Crippen molar-refractivity contribution in [1.29, 1.82) is 0 Å². The van der Waals surface area contributed by atoms with Crippen molar-refractivity contribution in [2.24, 2.45) is 0 Å². The molecule has 3 rings (SSSR count). The number of nitrogens with one attached hydrogen (secondary N) is 3. The molecule has 3 N–H and O–H groups in total. The Morgan fingerprint density at radius 2 is 1.93 bits per heavy atom. The maximum Gasteiger partial charge on any atom is 0.242 e. The number of hydrogen-bond donors (Lipinski definition) is 3. The normalized spacial score (nSPS) is 12.1. The van der Waals surface area contributed by atoms with Gasteiger partial charge < -0.3 is 15.6 Å². The van der Waals surface area contributed by atoms with E-state index in [1.807, 2.05) is 50.4 Å². The minimum Gasteiger partial charge on any atom is -0.347 e. The van der Waals surface area contributed by atoms with Crippen molar-refractivity contribution in [1.82, 2.24) is 25.3 Å². The molecule has 0 fully saturated rings. The van der Waals surface area contributed by atoms with Crippen LogP contribution in [0.15, 0.2) is 30.3 Å². The average Bonchev–Trinajstić information content (AvgIpc) is 3.05. The van der Waals surface area contributed by atoms with Crippen LogP contribution in [0.25, 0.3) is 11.0 Å². The van der Waals surface area contributed by atoms with E-state index in [-0.39, 0.29) is 5.91 Å². The molecule has 1 amide bonds. The number of H-pyrrole nitrogens is 1. The maximum absolute atomic E-state index is 12.7. The third kappa shape index (κ3) is 5.19. The number of carbonyl (C=O) groups excluding carboxylic acids is 1. The molecule has 142 valence electrons. The third-order valence-corrected chi connectivity index (χ3v) is 4.73. The minimum absolute atomic E-state index is 0.0905.